The number of carbonyl (C=O) groups excluding carboxylic acids is 1. The zero-order valence-corrected chi connectivity index (χ0v) is 27.1. The third-order valence-corrected chi connectivity index (χ3v) is 12.1. The molecule has 3 fully saturated rings. The van der Waals surface area contributed by atoms with E-state index >= 15 is 0 Å². The highest BCUT2D eigenvalue weighted by Gasteiger charge is 2.62. The van der Waals surface area contributed by atoms with Crippen LogP contribution < -0.4 is 4.90 Å². The molecule has 44 heavy (non-hydrogen) atoms. The molecule has 0 radical (unpaired) electrons. The minimum atomic E-state index is -0.190. The first kappa shape index (κ1) is 29.1. The molecule has 228 valence electrons. The van der Waals surface area contributed by atoms with Crippen LogP contribution in [0.25, 0.3) is 6.08 Å². The minimum Gasteiger partial charge on any atom is -0.458 e. The van der Waals surface area contributed by atoms with E-state index in [2.05, 4.69) is 117 Å². The average molecular weight is 588 g/mol. The number of benzene rings is 3. The molecule has 0 spiro atoms. The lowest BCUT2D eigenvalue weighted by molar-refractivity contribution is -0.455. The summed E-state index contributed by atoms with van der Waals surface area (Å²) in [7, 11) is 0. The van der Waals surface area contributed by atoms with Gasteiger partial charge in [-0.2, -0.15) is 4.58 Å². The van der Waals surface area contributed by atoms with Crippen molar-refractivity contribution >= 4 is 29.1 Å². The molecule has 3 unspecified atom stereocenters. The van der Waals surface area contributed by atoms with Gasteiger partial charge in [0.05, 0.1) is 11.0 Å². The summed E-state index contributed by atoms with van der Waals surface area (Å²) in [5.74, 6) is 0.457. The van der Waals surface area contributed by atoms with Gasteiger partial charge >= 0.3 is 5.97 Å². The minimum absolute atomic E-state index is 0.00660. The van der Waals surface area contributed by atoms with E-state index in [1.807, 2.05) is 12.1 Å². The summed E-state index contributed by atoms with van der Waals surface area (Å²) < 4.78 is 8.62. The Hall–Kier alpha value is -3.66. The zero-order valence-electron chi connectivity index (χ0n) is 27.1. The number of carbonyl (C=O) groups is 1. The van der Waals surface area contributed by atoms with Crippen LogP contribution in [-0.2, 0) is 16.7 Å². The van der Waals surface area contributed by atoms with Gasteiger partial charge in [0, 0.05) is 47.5 Å². The Morgan fingerprint density at radius 3 is 2.27 bits per heavy atom. The first-order valence-corrected chi connectivity index (χ1v) is 16.7. The van der Waals surface area contributed by atoms with Crippen LogP contribution in [0.4, 0.5) is 11.4 Å². The normalized spacial score (nSPS) is 26.5. The quantitative estimate of drug-likeness (QED) is 0.204. The second-order valence-electron chi connectivity index (χ2n) is 14.9. The van der Waals surface area contributed by atoms with E-state index in [1.165, 1.54) is 53.0 Å². The molecule has 2 aliphatic carbocycles. The van der Waals surface area contributed by atoms with Crippen molar-refractivity contribution in [1.82, 2.24) is 0 Å². The Bertz CT molecular complexity index is 1620. The third kappa shape index (κ3) is 4.73. The van der Waals surface area contributed by atoms with Crippen LogP contribution in [0.1, 0.15) is 93.8 Å². The van der Waals surface area contributed by atoms with Crippen LogP contribution in [0.3, 0.4) is 0 Å². The lowest BCUT2D eigenvalue weighted by Crippen LogP contribution is -2.38. The SMILES string of the molecule is CC1(C)C(/C=C/c2ccc(N3CCCC3)cc2)=[N+](Cc2ccc(C(=O)OC3CC4CCC3(C)C4(C)C)cc2)c2ccccc21. The third-order valence-electron chi connectivity index (χ3n) is 12.1. The van der Waals surface area contributed by atoms with Crippen molar-refractivity contribution < 1.29 is 14.1 Å². The van der Waals surface area contributed by atoms with Gasteiger partial charge in [0.15, 0.2) is 12.3 Å². The number of hydrogen-bond acceptors (Lipinski definition) is 3. The van der Waals surface area contributed by atoms with E-state index < -0.39 is 0 Å². The molecule has 0 aromatic heterocycles. The molecule has 4 nitrogen and oxygen atoms in total. The summed E-state index contributed by atoms with van der Waals surface area (Å²) in [5.41, 5.74) is 8.37. The van der Waals surface area contributed by atoms with Gasteiger partial charge in [-0.3, -0.25) is 0 Å². The molecule has 4 aliphatic rings. The lowest BCUT2D eigenvalue weighted by Gasteiger charge is -2.38. The summed E-state index contributed by atoms with van der Waals surface area (Å²) in [4.78, 5) is 15.7. The van der Waals surface area contributed by atoms with Gasteiger partial charge in [0.1, 0.15) is 6.10 Å². The van der Waals surface area contributed by atoms with Gasteiger partial charge in [-0.05, 0) is 93.2 Å². The molecule has 3 atom stereocenters. The summed E-state index contributed by atoms with van der Waals surface area (Å²) in [6.07, 6.45) is 10.5. The van der Waals surface area contributed by atoms with Crippen molar-refractivity contribution in [3.05, 3.63) is 101 Å². The predicted molar refractivity (Wildman–Crippen MR) is 180 cm³/mol. The van der Waals surface area contributed by atoms with Crippen LogP contribution in [0, 0.1) is 16.7 Å². The zero-order chi connectivity index (χ0) is 30.7. The molecule has 0 N–H and O–H groups in total. The molecule has 1 saturated heterocycles. The maximum Gasteiger partial charge on any atom is 0.338 e. The highest BCUT2D eigenvalue weighted by molar-refractivity contribution is 6.05. The van der Waals surface area contributed by atoms with E-state index in [9.17, 15) is 4.79 Å². The number of para-hydroxylation sites is 1. The second kappa shape index (κ2) is 10.8. The largest absolute Gasteiger partial charge is 0.458 e. The van der Waals surface area contributed by atoms with Gasteiger partial charge in [-0.25, -0.2) is 4.79 Å². The van der Waals surface area contributed by atoms with Gasteiger partial charge in [0.25, 0.3) is 0 Å². The highest BCUT2D eigenvalue weighted by atomic mass is 16.5. The smallest absolute Gasteiger partial charge is 0.338 e. The van der Waals surface area contributed by atoms with E-state index in [0.717, 1.165) is 32.5 Å². The number of anilines is 1. The molecule has 7 rings (SSSR count). The molecule has 2 saturated carbocycles. The van der Waals surface area contributed by atoms with Crippen LogP contribution >= 0.6 is 0 Å². The van der Waals surface area contributed by atoms with E-state index in [4.69, 9.17) is 4.74 Å². The molecule has 2 heterocycles. The fraction of sp³-hybridized carbons (Fsp3) is 0.450. The van der Waals surface area contributed by atoms with Gasteiger partial charge < -0.3 is 9.64 Å². The van der Waals surface area contributed by atoms with Gasteiger partial charge in [-0.1, -0.05) is 63.2 Å². The van der Waals surface area contributed by atoms with E-state index in [0.29, 0.717) is 11.5 Å². The molecule has 4 heteroatoms. The van der Waals surface area contributed by atoms with Crippen molar-refractivity contribution in [3.8, 4) is 0 Å². The Balaban J connectivity index is 1.11. The molecule has 2 bridgehead atoms. The Morgan fingerprint density at radius 2 is 1.61 bits per heavy atom. The fourth-order valence-corrected chi connectivity index (χ4v) is 8.69. The maximum absolute atomic E-state index is 13.3. The van der Waals surface area contributed by atoms with E-state index in [-0.39, 0.29) is 28.3 Å². The van der Waals surface area contributed by atoms with Crippen molar-refractivity contribution in [2.24, 2.45) is 16.7 Å². The monoisotopic (exact) mass is 587 g/mol. The van der Waals surface area contributed by atoms with E-state index in [1.54, 1.807) is 0 Å². The topological polar surface area (TPSA) is 32.5 Å². The van der Waals surface area contributed by atoms with Crippen LogP contribution in [0.5, 0.6) is 0 Å². The first-order chi connectivity index (χ1) is 21.1. The summed E-state index contributed by atoms with van der Waals surface area (Å²) >= 11 is 0. The molecular formula is C40H47N2O2+. The summed E-state index contributed by atoms with van der Waals surface area (Å²) in [6, 6.07) is 25.8. The Morgan fingerprint density at radius 1 is 0.909 bits per heavy atom. The summed E-state index contributed by atoms with van der Waals surface area (Å²) in [6.45, 7) is 14.7. The molecular weight excluding hydrogens is 540 g/mol. The number of ether oxygens (including phenoxy) is 1. The van der Waals surface area contributed by atoms with Crippen molar-refractivity contribution in [2.75, 3.05) is 18.0 Å². The first-order valence-electron chi connectivity index (χ1n) is 16.7. The maximum atomic E-state index is 13.3. The standard InChI is InChI=1S/C40H47N2O2/c1-38(2)33-10-6-7-11-34(33)42(35(38)21-16-28-14-19-32(20-15-28)41-24-8-9-25-41)27-29-12-17-30(18-13-29)37(43)44-36-26-31-22-23-40(36,5)39(31,3)4/h6-7,10-21,31,36H,8-9,22-27H2,1-5H3/q+1. The van der Waals surface area contributed by atoms with Crippen molar-refractivity contribution in [1.29, 1.82) is 0 Å². The number of allylic oxidation sites excluding steroid dienone is 1. The highest BCUT2D eigenvalue weighted by Crippen LogP contribution is 2.66. The van der Waals surface area contributed by atoms with Crippen molar-refractivity contribution in [2.45, 2.75) is 84.8 Å². The number of nitrogens with zero attached hydrogens (tertiary/aromatic N) is 2. The van der Waals surface area contributed by atoms with Gasteiger partial charge in [0.2, 0.25) is 5.69 Å². The molecule has 3 aromatic rings. The number of rotatable bonds is 7. The lowest BCUT2D eigenvalue weighted by atomic mass is 9.70. The van der Waals surface area contributed by atoms with Gasteiger partial charge in [-0.15, -0.1) is 0 Å². The number of fused-ring (bicyclic) bond motifs is 3. The fourth-order valence-electron chi connectivity index (χ4n) is 8.69. The number of esters is 1. The average Bonchev–Trinajstić information content (AvgIpc) is 3.73. The molecule has 2 aliphatic heterocycles. The Labute approximate surface area is 263 Å². The van der Waals surface area contributed by atoms with Crippen LogP contribution in [0.15, 0.2) is 78.9 Å². The molecule has 0 amide bonds. The van der Waals surface area contributed by atoms with Crippen LogP contribution in [-0.4, -0.2) is 35.4 Å². The van der Waals surface area contributed by atoms with Crippen molar-refractivity contribution in [3.63, 3.8) is 0 Å². The molecule has 3 aromatic carbocycles. The van der Waals surface area contributed by atoms with Crippen LogP contribution in [0.2, 0.25) is 0 Å². The number of hydrogen-bond donors (Lipinski definition) is 0. The summed E-state index contributed by atoms with van der Waals surface area (Å²) in [5, 5.41) is 0. The Kier molecular flexibility index (Phi) is 7.10. The second-order valence-corrected chi connectivity index (χ2v) is 14.9. The predicted octanol–water partition coefficient (Wildman–Crippen LogP) is 8.95.